The summed E-state index contributed by atoms with van der Waals surface area (Å²) in [7, 11) is 0. The number of rotatable bonds is 1. The minimum absolute atomic E-state index is 0.00611. The summed E-state index contributed by atoms with van der Waals surface area (Å²) >= 11 is 0. The van der Waals surface area contributed by atoms with Crippen LogP contribution in [0.25, 0.3) is 0 Å². The summed E-state index contributed by atoms with van der Waals surface area (Å²) in [4.78, 5) is 0. The third-order valence-corrected chi connectivity index (χ3v) is 3.07. The summed E-state index contributed by atoms with van der Waals surface area (Å²) in [5, 5.41) is 18.9. The Labute approximate surface area is 71.7 Å². The Morgan fingerprint density at radius 2 is 2.42 bits per heavy atom. The summed E-state index contributed by atoms with van der Waals surface area (Å²) in [5.41, 5.74) is 0.275. The maximum absolute atomic E-state index is 9.77. The molecule has 1 aliphatic heterocycles. The monoisotopic (exact) mass is 170 g/mol. The van der Waals surface area contributed by atoms with Gasteiger partial charge in [0.2, 0.25) is 0 Å². The Bertz CT molecular complexity index is 226. The van der Waals surface area contributed by atoms with Gasteiger partial charge in [-0.25, -0.2) is 0 Å². The first-order valence-electron chi connectivity index (χ1n) is 4.25. The van der Waals surface area contributed by atoms with Gasteiger partial charge in [0.05, 0.1) is 18.8 Å². The topological polar surface area (TPSA) is 49.7 Å². The summed E-state index contributed by atoms with van der Waals surface area (Å²) in [6.45, 7) is 5.67. The summed E-state index contributed by atoms with van der Waals surface area (Å²) in [6.07, 6.45) is 0.0260. The van der Waals surface area contributed by atoms with Crippen LogP contribution in [0, 0.1) is 5.92 Å². The van der Waals surface area contributed by atoms with E-state index in [1.54, 1.807) is 0 Å². The minimum atomic E-state index is -0.735. The molecule has 1 aliphatic carbocycles. The molecular weight excluding hydrogens is 156 g/mol. The van der Waals surface area contributed by atoms with Gasteiger partial charge in [-0.1, -0.05) is 12.2 Å². The third-order valence-electron chi connectivity index (χ3n) is 3.07. The molecule has 1 saturated heterocycles. The molecule has 0 aromatic heterocycles. The van der Waals surface area contributed by atoms with Crippen LogP contribution in [0.4, 0.5) is 0 Å². The van der Waals surface area contributed by atoms with E-state index in [1.807, 2.05) is 6.92 Å². The van der Waals surface area contributed by atoms with E-state index < -0.39 is 11.7 Å². The third kappa shape index (κ3) is 0.762. The molecule has 68 valence electrons. The van der Waals surface area contributed by atoms with Gasteiger partial charge in [0.25, 0.3) is 0 Å². The molecule has 0 aromatic rings. The van der Waals surface area contributed by atoms with E-state index in [0.29, 0.717) is 6.42 Å². The molecule has 2 N–H and O–H groups in total. The average molecular weight is 170 g/mol. The summed E-state index contributed by atoms with van der Waals surface area (Å²) in [5.74, 6) is 0.0251. The number of hydrogen-bond donors (Lipinski definition) is 2. The number of ether oxygens (including phenoxy) is 1. The maximum atomic E-state index is 9.77. The zero-order chi connectivity index (χ0) is 8.93. The zero-order valence-corrected chi connectivity index (χ0v) is 7.16. The van der Waals surface area contributed by atoms with Crippen molar-refractivity contribution in [1.82, 2.24) is 0 Å². The zero-order valence-electron chi connectivity index (χ0n) is 7.16. The Hall–Kier alpha value is -0.380. The van der Waals surface area contributed by atoms with Gasteiger partial charge in [0, 0.05) is 12.3 Å². The first kappa shape index (κ1) is 8.23. The van der Waals surface area contributed by atoms with Crippen molar-refractivity contribution in [3.63, 3.8) is 0 Å². The van der Waals surface area contributed by atoms with Crippen molar-refractivity contribution in [2.75, 3.05) is 6.61 Å². The highest BCUT2D eigenvalue weighted by molar-refractivity contribution is 5.25. The Morgan fingerprint density at radius 3 is 2.75 bits per heavy atom. The van der Waals surface area contributed by atoms with Crippen LogP contribution >= 0.6 is 0 Å². The van der Waals surface area contributed by atoms with E-state index in [0.717, 1.165) is 5.57 Å². The van der Waals surface area contributed by atoms with Crippen LogP contribution in [0.15, 0.2) is 12.2 Å². The van der Waals surface area contributed by atoms with E-state index in [1.165, 1.54) is 0 Å². The van der Waals surface area contributed by atoms with Gasteiger partial charge in [-0.05, 0) is 6.92 Å². The van der Waals surface area contributed by atoms with Crippen molar-refractivity contribution in [3.8, 4) is 0 Å². The van der Waals surface area contributed by atoms with Gasteiger partial charge in [0.15, 0.2) is 0 Å². The molecule has 1 saturated carbocycles. The van der Waals surface area contributed by atoms with Gasteiger partial charge < -0.3 is 14.9 Å². The molecule has 4 atom stereocenters. The van der Waals surface area contributed by atoms with E-state index in [9.17, 15) is 5.11 Å². The van der Waals surface area contributed by atoms with Gasteiger partial charge in [-0.15, -0.1) is 0 Å². The van der Waals surface area contributed by atoms with Gasteiger partial charge in [0.1, 0.15) is 5.60 Å². The van der Waals surface area contributed by atoms with Crippen LogP contribution in [0.1, 0.15) is 13.3 Å². The second kappa shape index (κ2) is 2.31. The summed E-state index contributed by atoms with van der Waals surface area (Å²) < 4.78 is 5.52. The van der Waals surface area contributed by atoms with Gasteiger partial charge in [-0.3, -0.25) is 0 Å². The molecule has 2 rings (SSSR count). The lowest BCUT2D eigenvalue weighted by molar-refractivity contribution is -0.106. The van der Waals surface area contributed by atoms with Crippen LogP contribution in [-0.2, 0) is 4.74 Å². The molecular formula is C9H14O3. The molecule has 12 heavy (non-hydrogen) atoms. The standard InChI is InChI=1S/C9H14O3/c1-5-3-9(4-10)8(11)7(5)6(2)12-9/h6-8,10-11H,1,3-4H2,2H3/t6-,7?,8+,9+/m0/s1. The minimum Gasteiger partial charge on any atom is -0.393 e. The van der Waals surface area contributed by atoms with Crippen LogP contribution in [-0.4, -0.2) is 34.6 Å². The molecule has 3 nitrogen and oxygen atoms in total. The Balaban J connectivity index is 2.34. The molecule has 0 amide bonds. The first-order chi connectivity index (χ1) is 5.60. The van der Waals surface area contributed by atoms with E-state index in [4.69, 9.17) is 9.84 Å². The molecule has 0 aromatic carbocycles. The normalized spacial score (nSPS) is 51.9. The van der Waals surface area contributed by atoms with Crippen molar-refractivity contribution >= 4 is 0 Å². The molecule has 1 heterocycles. The van der Waals surface area contributed by atoms with Crippen molar-refractivity contribution in [2.45, 2.75) is 31.2 Å². The van der Waals surface area contributed by atoms with Crippen LogP contribution in [0.2, 0.25) is 0 Å². The van der Waals surface area contributed by atoms with E-state index in [-0.39, 0.29) is 18.6 Å². The number of hydrogen-bond acceptors (Lipinski definition) is 3. The van der Waals surface area contributed by atoms with Crippen molar-refractivity contribution in [1.29, 1.82) is 0 Å². The highest BCUT2D eigenvalue weighted by Gasteiger charge is 2.59. The lowest BCUT2D eigenvalue weighted by Crippen LogP contribution is -2.40. The average Bonchev–Trinajstić information content (AvgIpc) is 2.37. The molecule has 3 heteroatoms. The molecule has 2 aliphatic rings. The lowest BCUT2D eigenvalue weighted by atomic mass is 9.97. The second-order valence-corrected chi connectivity index (χ2v) is 3.85. The number of aliphatic hydroxyl groups is 2. The molecule has 2 fully saturated rings. The number of fused-ring (bicyclic) bond motifs is 2. The van der Waals surface area contributed by atoms with Gasteiger partial charge >= 0.3 is 0 Å². The summed E-state index contributed by atoms with van der Waals surface area (Å²) in [6, 6.07) is 0. The fraction of sp³-hybridized carbons (Fsp3) is 0.778. The predicted octanol–water partition coefficient (Wildman–Crippen LogP) is 0.0732. The van der Waals surface area contributed by atoms with Crippen LogP contribution in [0.5, 0.6) is 0 Å². The smallest absolute Gasteiger partial charge is 0.122 e. The molecule has 0 radical (unpaired) electrons. The van der Waals surface area contributed by atoms with E-state index >= 15 is 0 Å². The quantitative estimate of drug-likeness (QED) is 0.548. The molecule has 1 unspecified atom stereocenters. The fourth-order valence-corrected chi connectivity index (χ4v) is 2.49. The highest BCUT2D eigenvalue weighted by atomic mass is 16.5. The number of aliphatic hydroxyl groups excluding tert-OH is 2. The van der Waals surface area contributed by atoms with Gasteiger partial charge in [-0.2, -0.15) is 0 Å². The van der Waals surface area contributed by atoms with Crippen molar-refractivity contribution < 1.29 is 14.9 Å². The van der Waals surface area contributed by atoms with Crippen LogP contribution in [0.3, 0.4) is 0 Å². The van der Waals surface area contributed by atoms with E-state index in [2.05, 4.69) is 6.58 Å². The first-order valence-corrected chi connectivity index (χ1v) is 4.25. The fourth-order valence-electron chi connectivity index (χ4n) is 2.49. The molecule has 2 bridgehead atoms. The molecule has 0 spiro atoms. The second-order valence-electron chi connectivity index (χ2n) is 3.85. The Morgan fingerprint density at radius 1 is 1.75 bits per heavy atom. The maximum Gasteiger partial charge on any atom is 0.122 e. The van der Waals surface area contributed by atoms with Crippen molar-refractivity contribution in [3.05, 3.63) is 12.2 Å². The van der Waals surface area contributed by atoms with Crippen LogP contribution < -0.4 is 0 Å². The largest absolute Gasteiger partial charge is 0.393 e. The highest BCUT2D eigenvalue weighted by Crippen LogP contribution is 2.50. The predicted molar refractivity (Wildman–Crippen MR) is 43.6 cm³/mol. The lowest BCUT2D eigenvalue weighted by Gasteiger charge is -2.28. The SMILES string of the molecule is C=C1C[C@]2(CO)O[C@@H](C)C1[C@H]2O. The Kier molecular flexibility index (Phi) is 1.59. The van der Waals surface area contributed by atoms with Crippen molar-refractivity contribution in [2.24, 2.45) is 5.92 Å².